The molecule has 9 heteroatoms. The van der Waals surface area contributed by atoms with E-state index in [1.54, 1.807) is 25.1 Å². The SMILES string of the molecule is CCCC(O)Cn1nc(Nc2ccc(Cl)c(Cl)c2)c(C(=O)OCC)c1N. The number of nitrogens with zero attached hydrogens (tertiary/aromatic N) is 2. The molecule has 0 radical (unpaired) electrons. The number of halogens is 2. The van der Waals surface area contributed by atoms with Crippen molar-refractivity contribution in [2.45, 2.75) is 39.3 Å². The van der Waals surface area contributed by atoms with Crippen molar-refractivity contribution in [3.8, 4) is 0 Å². The molecule has 4 N–H and O–H groups in total. The Labute approximate surface area is 162 Å². The number of aliphatic hydroxyl groups is 1. The lowest BCUT2D eigenvalue weighted by Gasteiger charge is -2.10. The average Bonchev–Trinajstić information content (AvgIpc) is 2.87. The number of anilines is 3. The van der Waals surface area contributed by atoms with E-state index in [1.807, 2.05) is 6.92 Å². The quantitative estimate of drug-likeness (QED) is 0.581. The summed E-state index contributed by atoms with van der Waals surface area (Å²) in [6.45, 7) is 4.05. The van der Waals surface area contributed by atoms with Crippen LogP contribution in [0.25, 0.3) is 0 Å². The van der Waals surface area contributed by atoms with Gasteiger partial charge in [-0.15, -0.1) is 0 Å². The number of benzene rings is 1. The summed E-state index contributed by atoms with van der Waals surface area (Å²) in [7, 11) is 0. The summed E-state index contributed by atoms with van der Waals surface area (Å²) in [4.78, 5) is 12.3. The molecule has 7 nitrogen and oxygen atoms in total. The third-order valence-corrected chi connectivity index (χ3v) is 4.40. The highest BCUT2D eigenvalue weighted by molar-refractivity contribution is 6.42. The largest absolute Gasteiger partial charge is 0.462 e. The fourth-order valence-electron chi connectivity index (χ4n) is 2.44. The van der Waals surface area contributed by atoms with Gasteiger partial charge in [0.1, 0.15) is 11.4 Å². The molecule has 1 aromatic carbocycles. The normalized spacial score (nSPS) is 12.0. The number of esters is 1. The van der Waals surface area contributed by atoms with E-state index in [4.69, 9.17) is 33.7 Å². The molecule has 1 unspecified atom stereocenters. The van der Waals surface area contributed by atoms with Crippen molar-refractivity contribution in [2.75, 3.05) is 17.7 Å². The van der Waals surface area contributed by atoms with E-state index in [-0.39, 0.29) is 30.4 Å². The van der Waals surface area contributed by atoms with E-state index in [1.165, 1.54) is 4.68 Å². The van der Waals surface area contributed by atoms with Crippen molar-refractivity contribution in [2.24, 2.45) is 0 Å². The maximum absolute atomic E-state index is 12.3. The second-order valence-corrected chi connectivity index (χ2v) is 6.52. The molecule has 0 aliphatic rings. The van der Waals surface area contributed by atoms with Gasteiger partial charge in [0.15, 0.2) is 5.82 Å². The first-order valence-electron chi connectivity index (χ1n) is 8.30. The molecular weight excluding hydrogens is 379 g/mol. The van der Waals surface area contributed by atoms with E-state index in [9.17, 15) is 9.90 Å². The zero-order chi connectivity index (χ0) is 19.3. The summed E-state index contributed by atoms with van der Waals surface area (Å²) in [5.41, 5.74) is 6.79. The van der Waals surface area contributed by atoms with Gasteiger partial charge in [0.05, 0.1) is 29.3 Å². The van der Waals surface area contributed by atoms with E-state index in [0.29, 0.717) is 22.2 Å². The van der Waals surface area contributed by atoms with Crippen LogP contribution in [0, 0.1) is 0 Å². The van der Waals surface area contributed by atoms with Crippen molar-refractivity contribution in [1.29, 1.82) is 0 Å². The van der Waals surface area contributed by atoms with Crippen LogP contribution in [0.15, 0.2) is 18.2 Å². The molecule has 0 saturated heterocycles. The summed E-state index contributed by atoms with van der Waals surface area (Å²) < 4.78 is 6.47. The molecule has 0 aliphatic carbocycles. The predicted molar refractivity (Wildman–Crippen MR) is 103 cm³/mol. The number of nitrogens with two attached hydrogens (primary N) is 1. The number of aromatic nitrogens is 2. The Kier molecular flexibility index (Phi) is 7.14. The Morgan fingerprint density at radius 1 is 1.38 bits per heavy atom. The maximum Gasteiger partial charge on any atom is 0.345 e. The topological polar surface area (TPSA) is 102 Å². The fraction of sp³-hybridized carbons (Fsp3) is 0.412. The van der Waals surface area contributed by atoms with Gasteiger partial charge in [-0.2, -0.15) is 5.10 Å². The third-order valence-electron chi connectivity index (χ3n) is 3.66. The van der Waals surface area contributed by atoms with Gasteiger partial charge in [-0.1, -0.05) is 36.5 Å². The van der Waals surface area contributed by atoms with Crippen molar-refractivity contribution in [1.82, 2.24) is 9.78 Å². The van der Waals surface area contributed by atoms with Crippen LogP contribution in [-0.4, -0.2) is 33.6 Å². The molecule has 0 fully saturated rings. The number of hydrogen-bond acceptors (Lipinski definition) is 6. The lowest BCUT2D eigenvalue weighted by atomic mass is 10.2. The lowest BCUT2D eigenvalue weighted by molar-refractivity contribution is 0.0528. The monoisotopic (exact) mass is 400 g/mol. The number of nitrogen functional groups attached to an aromatic ring is 1. The van der Waals surface area contributed by atoms with Gasteiger partial charge in [0.25, 0.3) is 0 Å². The minimum atomic E-state index is -0.616. The molecule has 2 rings (SSSR count). The van der Waals surface area contributed by atoms with Crippen molar-refractivity contribution in [3.05, 3.63) is 33.8 Å². The molecule has 26 heavy (non-hydrogen) atoms. The first-order valence-corrected chi connectivity index (χ1v) is 9.06. The van der Waals surface area contributed by atoms with E-state index >= 15 is 0 Å². The van der Waals surface area contributed by atoms with E-state index < -0.39 is 12.1 Å². The van der Waals surface area contributed by atoms with Crippen LogP contribution in [0.4, 0.5) is 17.3 Å². The molecule has 1 heterocycles. The number of hydrogen-bond donors (Lipinski definition) is 3. The third kappa shape index (κ3) is 4.81. The Bertz CT molecular complexity index is 780. The van der Waals surface area contributed by atoms with Crippen LogP contribution < -0.4 is 11.1 Å². The first-order chi connectivity index (χ1) is 12.4. The maximum atomic E-state index is 12.3. The van der Waals surface area contributed by atoms with Gasteiger partial charge < -0.3 is 20.9 Å². The Hall–Kier alpha value is -1.96. The Morgan fingerprint density at radius 2 is 2.12 bits per heavy atom. The van der Waals surface area contributed by atoms with Gasteiger partial charge in [0.2, 0.25) is 0 Å². The number of rotatable bonds is 8. The second-order valence-electron chi connectivity index (χ2n) is 5.71. The van der Waals surface area contributed by atoms with E-state index in [0.717, 1.165) is 6.42 Å². The van der Waals surface area contributed by atoms with Crippen LogP contribution in [0.3, 0.4) is 0 Å². The lowest BCUT2D eigenvalue weighted by Crippen LogP contribution is -2.18. The number of carbonyl (C=O) groups excluding carboxylic acids is 1. The molecule has 142 valence electrons. The van der Waals surface area contributed by atoms with Crippen molar-refractivity contribution >= 4 is 46.5 Å². The highest BCUT2D eigenvalue weighted by Gasteiger charge is 2.24. The van der Waals surface area contributed by atoms with Crippen LogP contribution in [0.5, 0.6) is 0 Å². The number of nitrogens with one attached hydrogen (secondary N) is 1. The van der Waals surface area contributed by atoms with Gasteiger partial charge >= 0.3 is 5.97 Å². The van der Waals surface area contributed by atoms with Gasteiger partial charge in [-0.3, -0.25) is 0 Å². The zero-order valence-electron chi connectivity index (χ0n) is 14.6. The van der Waals surface area contributed by atoms with Crippen LogP contribution >= 0.6 is 23.2 Å². The number of ether oxygens (including phenoxy) is 1. The summed E-state index contributed by atoms with van der Waals surface area (Å²) >= 11 is 11.9. The molecule has 0 aliphatic heterocycles. The molecule has 1 atom stereocenters. The van der Waals surface area contributed by atoms with Gasteiger partial charge in [-0.05, 0) is 31.5 Å². The molecule has 0 amide bonds. The van der Waals surface area contributed by atoms with E-state index in [2.05, 4.69) is 10.4 Å². The Morgan fingerprint density at radius 3 is 2.73 bits per heavy atom. The first kappa shape index (κ1) is 20.4. The molecule has 1 aromatic heterocycles. The highest BCUT2D eigenvalue weighted by Crippen LogP contribution is 2.30. The molecule has 0 spiro atoms. The molecule has 0 bridgehead atoms. The summed E-state index contributed by atoms with van der Waals surface area (Å²) in [5, 5.41) is 18.1. The smallest absolute Gasteiger partial charge is 0.345 e. The minimum absolute atomic E-state index is 0.113. The molecular formula is C17H22Cl2N4O3. The summed E-state index contributed by atoms with van der Waals surface area (Å²) in [6, 6.07) is 4.94. The van der Waals surface area contributed by atoms with Crippen molar-refractivity contribution < 1.29 is 14.6 Å². The van der Waals surface area contributed by atoms with Crippen LogP contribution in [-0.2, 0) is 11.3 Å². The van der Waals surface area contributed by atoms with Gasteiger partial charge in [-0.25, -0.2) is 9.48 Å². The minimum Gasteiger partial charge on any atom is -0.462 e. The molecule has 0 saturated carbocycles. The van der Waals surface area contributed by atoms with Gasteiger partial charge in [0, 0.05) is 5.69 Å². The predicted octanol–water partition coefficient (Wildman–Crippen LogP) is 3.85. The number of carbonyl (C=O) groups is 1. The highest BCUT2D eigenvalue weighted by atomic mass is 35.5. The van der Waals surface area contributed by atoms with Crippen LogP contribution in [0.2, 0.25) is 10.0 Å². The number of aliphatic hydroxyl groups excluding tert-OH is 1. The fourth-order valence-corrected chi connectivity index (χ4v) is 2.74. The molecule has 2 aromatic rings. The van der Waals surface area contributed by atoms with Crippen molar-refractivity contribution in [3.63, 3.8) is 0 Å². The van der Waals surface area contributed by atoms with Crippen LogP contribution in [0.1, 0.15) is 37.0 Å². The summed E-state index contributed by atoms with van der Waals surface area (Å²) in [5.74, 6) is -0.243. The average molecular weight is 401 g/mol. The standard InChI is InChI=1S/C17H22Cl2N4O3/c1-3-5-11(24)9-23-15(20)14(17(25)26-4-2)16(22-23)21-10-6-7-12(18)13(19)8-10/h6-8,11,24H,3-5,9,20H2,1-2H3,(H,21,22). The zero-order valence-corrected chi connectivity index (χ0v) is 16.1. The summed E-state index contributed by atoms with van der Waals surface area (Å²) in [6.07, 6.45) is 0.806. The second kappa shape index (κ2) is 9.12. The Balaban J connectivity index is 2.38.